The van der Waals surface area contributed by atoms with E-state index >= 15 is 0 Å². The van der Waals surface area contributed by atoms with E-state index in [4.69, 9.17) is 4.74 Å². The van der Waals surface area contributed by atoms with Crippen LogP contribution in [0.5, 0.6) is 5.75 Å². The van der Waals surface area contributed by atoms with E-state index in [2.05, 4.69) is 0 Å². The summed E-state index contributed by atoms with van der Waals surface area (Å²) < 4.78 is 5.68. The fourth-order valence-corrected chi connectivity index (χ4v) is 1.92. The summed E-state index contributed by atoms with van der Waals surface area (Å²) >= 11 is 0. The zero-order valence-corrected chi connectivity index (χ0v) is 11.2. The molecular weight excluding hydrogens is 242 g/mol. The molecule has 1 aliphatic rings. The van der Waals surface area contributed by atoms with Gasteiger partial charge >= 0.3 is 0 Å². The number of rotatable bonds is 5. The largest absolute Gasteiger partial charge is 0.493 e. The number of hydrogen-bond acceptors (Lipinski definition) is 3. The van der Waals surface area contributed by atoms with Crippen molar-refractivity contribution in [2.24, 2.45) is 0 Å². The van der Waals surface area contributed by atoms with E-state index in [0.29, 0.717) is 19.6 Å². The molecule has 0 saturated heterocycles. The first-order valence-electron chi connectivity index (χ1n) is 6.31. The Morgan fingerprint density at radius 2 is 1.79 bits per heavy atom. The van der Waals surface area contributed by atoms with E-state index in [-0.39, 0.29) is 11.8 Å². The fourth-order valence-electron chi connectivity index (χ4n) is 1.92. The maximum absolute atomic E-state index is 11.3. The third-order valence-corrected chi connectivity index (χ3v) is 3.03. The summed E-state index contributed by atoms with van der Waals surface area (Å²) in [5.74, 6) is 0.380. The van der Waals surface area contributed by atoms with Crippen molar-refractivity contribution in [2.45, 2.75) is 20.3 Å². The Hall–Kier alpha value is -2.10. The molecule has 19 heavy (non-hydrogen) atoms. The first-order chi connectivity index (χ1) is 9.08. The number of nitrogens with zero attached hydrogens (tertiary/aromatic N) is 1. The molecule has 1 heterocycles. The van der Waals surface area contributed by atoms with Crippen LogP contribution < -0.4 is 4.74 Å². The van der Waals surface area contributed by atoms with Crippen LogP contribution in [0, 0.1) is 13.8 Å². The van der Waals surface area contributed by atoms with Crippen molar-refractivity contribution in [3.63, 3.8) is 0 Å². The molecule has 2 rings (SSSR count). The highest BCUT2D eigenvalue weighted by Crippen LogP contribution is 2.19. The molecule has 1 aliphatic heterocycles. The van der Waals surface area contributed by atoms with Crippen LogP contribution >= 0.6 is 0 Å². The average Bonchev–Trinajstić information content (AvgIpc) is 2.69. The minimum atomic E-state index is -0.239. The molecule has 1 aromatic carbocycles. The van der Waals surface area contributed by atoms with E-state index in [1.165, 1.54) is 17.1 Å². The van der Waals surface area contributed by atoms with Gasteiger partial charge in [-0.2, -0.15) is 0 Å². The van der Waals surface area contributed by atoms with Crippen molar-refractivity contribution in [2.75, 3.05) is 13.2 Å². The average molecular weight is 259 g/mol. The van der Waals surface area contributed by atoms with Crippen LogP contribution in [0.1, 0.15) is 17.5 Å². The maximum Gasteiger partial charge on any atom is 0.253 e. The van der Waals surface area contributed by atoms with Crippen LogP contribution in [0.4, 0.5) is 0 Å². The minimum absolute atomic E-state index is 0.239. The minimum Gasteiger partial charge on any atom is -0.493 e. The summed E-state index contributed by atoms with van der Waals surface area (Å²) in [6.45, 7) is 4.89. The highest BCUT2D eigenvalue weighted by Gasteiger charge is 2.22. The van der Waals surface area contributed by atoms with Gasteiger partial charge in [-0.25, -0.2) is 0 Å². The van der Waals surface area contributed by atoms with Crippen LogP contribution in [0.15, 0.2) is 30.4 Å². The fraction of sp³-hybridized carbons (Fsp3) is 0.333. The Morgan fingerprint density at radius 3 is 2.47 bits per heavy atom. The second-order valence-corrected chi connectivity index (χ2v) is 4.63. The normalized spacial score (nSPS) is 14.3. The standard InChI is InChI=1S/C15H17NO3/c1-11-4-5-12(2)13(10-11)19-9-3-8-16-14(17)6-7-15(16)18/h4-7,10H,3,8-9H2,1-2H3. The van der Waals surface area contributed by atoms with Crippen LogP contribution in [0.25, 0.3) is 0 Å². The zero-order valence-electron chi connectivity index (χ0n) is 11.2. The van der Waals surface area contributed by atoms with Gasteiger partial charge in [-0.05, 0) is 37.5 Å². The van der Waals surface area contributed by atoms with Gasteiger partial charge in [-0.3, -0.25) is 14.5 Å². The van der Waals surface area contributed by atoms with Gasteiger partial charge in [0.15, 0.2) is 0 Å². The summed E-state index contributed by atoms with van der Waals surface area (Å²) in [7, 11) is 0. The van der Waals surface area contributed by atoms with E-state index in [1.54, 1.807) is 0 Å². The monoisotopic (exact) mass is 259 g/mol. The predicted octanol–water partition coefficient (Wildman–Crippen LogP) is 2.00. The van der Waals surface area contributed by atoms with Crippen molar-refractivity contribution >= 4 is 11.8 Å². The van der Waals surface area contributed by atoms with E-state index in [1.807, 2.05) is 32.0 Å². The summed E-state index contributed by atoms with van der Waals surface area (Å²) in [4.78, 5) is 23.9. The van der Waals surface area contributed by atoms with Crippen LogP contribution in [-0.2, 0) is 9.59 Å². The zero-order chi connectivity index (χ0) is 13.8. The molecule has 4 nitrogen and oxygen atoms in total. The van der Waals surface area contributed by atoms with Gasteiger partial charge in [0.25, 0.3) is 11.8 Å². The second-order valence-electron chi connectivity index (χ2n) is 4.63. The molecule has 0 spiro atoms. The van der Waals surface area contributed by atoms with Gasteiger partial charge in [0.2, 0.25) is 0 Å². The molecule has 0 saturated carbocycles. The molecule has 0 fully saturated rings. The maximum atomic E-state index is 11.3. The number of carbonyl (C=O) groups is 2. The molecule has 2 amide bonds. The predicted molar refractivity (Wildman–Crippen MR) is 71.9 cm³/mol. The molecule has 0 bridgehead atoms. The number of carbonyl (C=O) groups excluding carboxylic acids is 2. The molecular formula is C15H17NO3. The van der Waals surface area contributed by atoms with Crippen molar-refractivity contribution in [1.29, 1.82) is 0 Å². The van der Waals surface area contributed by atoms with Crippen molar-refractivity contribution in [1.82, 2.24) is 4.90 Å². The Balaban J connectivity index is 1.80. The summed E-state index contributed by atoms with van der Waals surface area (Å²) in [5, 5.41) is 0. The van der Waals surface area contributed by atoms with Crippen molar-refractivity contribution in [3.8, 4) is 5.75 Å². The van der Waals surface area contributed by atoms with Crippen LogP contribution in [0.3, 0.4) is 0 Å². The van der Waals surface area contributed by atoms with Gasteiger partial charge in [0.1, 0.15) is 5.75 Å². The lowest BCUT2D eigenvalue weighted by molar-refractivity contribution is -0.136. The van der Waals surface area contributed by atoms with E-state index < -0.39 is 0 Å². The van der Waals surface area contributed by atoms with Crippen molar-refractivity contribution < 1.29 is 14.3 Å². The molecule has 0 aromatic heterocycles. The smallest absolute Gasteiger partial charge is 0.253 e. The van der Waals surface area contributed by atoms with Gasteiger partial charge < -0.3 is 4.74 Å². The Kier molecular flexibility index (Phi) is 4.00. The summed E-state index contributed by atoms with van der Waals surface area (Å²) in [6, 6.07) is 6.04. The van der Waals surface area contributed by atoms with E-state index in [9.17, 15) is 9.59 Å². The number of amides is 2. The number of hydrogen-bond donors (Lipinski definition) is 0. The lowest BCUT2D eigenvalue weighted by Gasteiger charge is -2.14. The van der Waals surface area contributed by atoms with Crippen molar-refractivity contribution in [3.05, 3.63) is 41.5 Å². The molecule has 0 atom stereocenters. The molecule has 0 unspecified atom stereocenters. The summed E-state index contributed by atoms with van der Waals surface area (Å²) in [6.07, 6.45) is 3.23. The van der Waals surface area contributed by atoms with Gasteiger partial charge in [-0.15, -0.1) is 0 Å². The molecule has 0 radical (unpaired) electrons. The highest BCUT2D eigenvalue weighted by atomic mass is 16.5. The third kappa shape index (κ3) is 3.22. The van der Waals surface area contributed by atoms with Crippen LogP contribution in [-0.4, -0.2) is 29.9 Å². The Labute approximate surface area is 112 Å². The number of ether oxygens (including phenoxy) is 1. The second kappa shape index (κ2) is 5.69. The molecule has 0 aliphatic carbocycles. The Morgan fingerprint density at radius 1 is 1.11 bits per heavy atom. The Bertz CT molecular complexity index is 516. The number of imide groups is 1. The van der Waals surface area contributed by atoms with Gasteiger partial charge in [0, 0.05) is 18.7 Å². The number of benzene rings is 1. The molecule has 0 N–H and O–H groups in total. The molecule has 4 heteroatoms. The van der Waals surface area contributed by atoms with Gasteiger partial charge in [0.05, 0.1) is 6.61 Å². The SMILES string of the molecule is Cc1ccc(C)c(OCCCN2C(=O)C=CC2=O)c1. The topological polar surface area (TPSA) is 46.6 Å². The summed E-state index contributed by atoms with van der Waals surface area (Å²) in [5.41, 5.74) is 2.23. The first kappa shape index (κ1) is 13.3. The van der Waals surface area contributed by atoms with Crippen LogP contribution in [0.2, 0.25) is 0 Å². The highest BCUT2D eigenvalue weighted by molar-refractivity contribution is 6.12. The van der Waals surface area contributed by atoms with E-state index in [0.717, 1.165) is 16.9 Å². The first-order valence-corrected chi connectivity index (χ1v) is 6.31. The lowest BCUT2D eigenvalue weighted by atomic mass is 10.1. The lowest BCUT2D eigenvalue weighted by Crippen LogP contribution is -2.31. The third-order valence-electron chi connectivity index (χ3n) is 3.03. The molecule has 1 aromatic rings. The molecule has 100 valence electrons. The number of aryl methyl sites for hydroxylation is 2. The van der Waals surface area contributed by atoms with Gasteiger partial charge in [-0.1, -0.05) is 12.1 Å². The quantitative estimate of drug-likeness (QED) is 0.600.